The Labute approximate surface area is 58.6 Å². The predicted molar refractivity (Wildman–Crippen MR) is 35.4 cm³/mol. The summed E-state index contributed by atoms with van der Waals surface area (Å²) in [7, 11) is 0. The Bertz CT molecular complexity index is 203. The van der Waals surface area contributed by atoms with Gasteiger partial charge in [0.25, 0.3) is 0 Å². The maximum atomic E-state index is 10.6. The Balaban J connectivity index is 2.74. The molecule has 1 aliphatic heterocycles. The fourth-order valence-electron chi connectivity index (χ4n) is 0.732. The lowest BCUT2D eigenvalue weighted by Gasteiger charge is -1.95. The van der Waals surface area contributed by atoms with Gasteiger partial charge in [-0.15, -0.1) is 6.58 Å². The molecule has 1 rings (SSSR count). The van der Waals surface area contributed by atoms with E-state index >= 15 is 0 Å². The highest BCUT2D eigenvalue weighted by Gasteiger charge is 2.22. The summed E-state index contributed by atoms with van der Waals surface area (Å²) >= 11 is 0. The summed E-state index contributed by atoms with van der Waals surface area (Å²) in [6.07, 6.45) is 1.99. The van der Waals surface area contributed by atoms with E-state index in [0.717, 1.165) is 0 Å². The van der Waals surface area contributed by atoms with Crippen molar-refractivity contribution in [3.8, 4) is 0 Å². The number of ether oxygens (including phenoxy) is 1. The Morgan fingerprint density at radius 2 is 2.50 bits per heavy atom. The molecule has 0 aromatic rings. The van der Waals surface area contributed by atoms with Crippen LogP contribution in [-0.2, 0) is 9.53 Å². The zero-order valence-corrected chi connectivity index (χ0v) is 5.46. The van der Waals surface area contributed by atoms with E-state index in [9.17, 15) is 4.79 Å². The van der Waals surface area contributed by atoms with Gasteiger partial charge >= 0.3 is 0 Å². The smallest absolute Gasteiger partial charge is 0.237 e. The van der Waals surface area contributed by atoms with Crippen LogP contribution in [0.5, 0.6) is 0 Å². The van der Waals surface area contributed by atoms with Crippen molar-refractivity contribution in [3.63, 3.8) is 0 Å². The summed E-state index contributed by atoms with van der Waals surface area (Å²) in [5, 5.41) is 8.95. The number of carbonyl (C=O) groups excluding carboxylic acids is 1. The lowest BCUT2D eigenvalue weighted by atomic mass is 10.3. The zero-order valence-electron chi connectivity index (χ0n) is 5.46. The number of hydrogen-bond donors (Lipinski definition) is 1. The number of rotatable bonds is 2. The lowest BCUT2D eigenvalue weighted by Crippen LogP contribution is -1.99. The molecule has 0 saturated heterocycles. The highest BCUT2D eigenvalue weighted by molar-refractivity contribution is 5.96. The number of aliphatic hydroxyl groups excluding tert-OH is 1. The van der Waals surface area contributed by atoms with Gasteiger partial charge in [-0.05, 0) is 0 Å². The van der Waals surface area contributed by atoms with E-state index in [-0.39, 0.29) is 18.1 Å². The second kappa shape index (κ2) is 2.56. The third-order valence-corrected chi connectivity index (χ3v) is 1.24. The van der Waals surface area contributed by atoms with Crippen molar-refractivity contribution in [1.82, 2.24) is 0 Å². The quantitative estimate of drug-likeness (QED) is 0.580. The van der Waals surface area contributed by atoms with E-state index in [2.05, 4.69) is 6.58 Å². The van der Waals surface area contributed by atoms with E-state index < -0.39 is 0 Å². The Morgan fingerprint density at radius 1 is 1.80 bits per heavy atom. The maximum Gasteiger partial charge on any atom is 0.237 e. The van der Waals surface area contributed by atoms with Crippen molar-refractivity contribution < 1.29 is 14.6 Å². The van der Waals surface area contributed by atoms with E-state index in [1.165, 1.54) is 0 Å². The molecule has 10 heavy (non-hydrogen) atoms. The van der Waals surface area contributed by atoms with Crippen LogP contribution in [0.1, 0.15) is 6.42 Å². The summed E-state index contributed by atoms with van der Waals surface area (Å²) in [5.41, 5.74) is 0. The molecule has 1 N–H and O–H groups in total. The van der Waals surface area contributed by atoms with Crippen molar-refractivity contribution in [2.24, 2.45) is 0 Å². The SMILES string of the molecule is C=CCC1=C(O)C(=O)CO1. The molecule has 0 saturated carbocycles. The second-order valence-electron chi connectivity index (χ2n) is 1.98. The minimum absolute atomic E-state index is 0.0327. The van der Waals surface area contributed by atoms with Crippen molar-refractivity contribution in [2.45, 2.75) is 6.42 Å². The third-order valence-electron chi connectivity index (χ3n) is 1.24. The van der Waals surface area contributed by atoms with E-state index in [1.807, 2.05) is 0 Å². The molecule has 3 nitrogen and oxygen atoms in total. The molecule has 3 heteroatoms. The van der Waals surface area contributed by atoms with Gasteiger partial charge in [0.2, 0.25) is 11.5 Å². The molecule has 0 aliphatic carbocycles. The van der Waals surface area contributed by atoms with Crippen molar-refractivity contribution in [1.29, 1.82) is 0 Å². The van der Waals surface area contributed by atoms with Crippen LogP contribution in [0, 0.1) is 0 Å². The molecule has 0 radical (unpaired) electrons. The van der Waals surface area contributed by atoms with Crippen LogP contribution in [0.2, 0.25) is 0 Å². The normalized spacial score (nSPS) is 17.4. The largest absolute Gasteiger partial charge is 0.502 e. The van der Waals surface area contributed by atoms with Gasteiger partial charge in [-0.3, -0.25) is 4.79 Å². The van der Waals surface area contributed by atoms with Gasteiger partial charge in [0.05, 0.1) is 0 Å². The van der Waals surface area contributed by atoms with E-state index in [0.29, 0.717) is 12.2 Å². The minimum Gasteiger partial charge on any atom is -0.502 e. The fourth-order valence-corrected chi connectivity index (χ4v) is 0.732. The van der Waals surface area contributed by atoms with Crippen LogP contribution in [0.3, 0.4) is 0 Å². The van der Waals surface area contributed by atoms with Gasteiger partial charge in [0.1, 0.15) is 5.76 Å². The van der Waals surface area contributed by atoms with Crippen LogP contribution in [0.25, 0.3) is 0 Å². The summed E-state index contributed by atoms with van der Waals surface area (Å²) < 4.78 is 4.83. The molecule has 0 aromatic heterocycles. The van der Waals surface area contributed by atoms with Gasteiger partial charge < -0.3 is 9.84 Å². The van der Waals surface area contributed by atoms with Crippen LogP contribution in [-0.4, -0.2) is 17.5 Å². The van der Waals surface area contributed by atoms with E-state index in [1.54, 1.807) is 6.08 Å². The number of ketones is 1. The van der Waals surface area contributed by atoms with Crippen LogP contribution < -0.4 is 0 Å². The summed E-state index contributed by atoms with van der Waals surface area (Å²) in [6.45, 7) is 3.41. The molecule has 0 fully saturated rings. The molecule has 0 unspecified atom stereocenters. The molecule has 0 aromatic carbocycles. The first-order valence-corrected chi connectivity index (χ1v) is 2.94. The summed E-state index contributed by atoms with van der Waals surface area (Å²) in [4.78, 5) is 10.6. The Kier molecular flexibility index (Phi) is 1.76. The van der Waals surface area contributed by atoms with Crippen molar-refractivity contribution >= 4 is 5.78 Å². The van der Waals surface area contributed by atoms with Crippen LogP contribution in [0.15, 0.2) is 24.2 Å². The summed E-state index contributed by atoms with van der Waals surface area (Å²) in [5.74, 6) is -0.267. The standard InChI is InChI=1S/C7H8O3/c1-2-3-6-7(9)5(8)4-10-6/h2,9H,1,3-4H2. The van der Waals surface area contributed by atoms with Gasteiger partial charge in [-0.25, -0.2) is 0 Å². The minimum atomic E-state index is -0.350. The highest BCUT2D eigenvalue weighted by Crippen LogP contribution is 2.16. The molecule has 1 heterocycles. The van der Waals surface area contributed by atoms with Crippen molar-refractivity contribution in [2.75, 3.05) is 6.61 Å². The van der Waals surface area contributed by atoms with Crippen LogP contribution >= 0.6 is 0 Å². The van der Waals surface area contributed by atoms with Crippen LogP contribution in [0.4, 0.5) is 0 Å². The lowest BCUT2D eigenvalue weighted by molar-refractivity contribution is -0.118. The fraction of sp³-hybridized carbons (Fsp3) is 0.286. The van der Waals surface area contributed by atoms with Gasteiger partial charge in [-0.2, -0.15) is 0 Å². The molecule has 0 atom stereocenters. The monoisotopic (exact) mass is 140 g/mol. The van der Waals surface area contributed by atoms with Gasteiger partial charge in [-0.1, -0.05) is 6.08 Å². The molecule has 0 amide bonds. The first-order chi connectivity index (χ1) is 4.75. The summed E-state index contributed by atoms with van der Waals surface area (Å²) in [6, 6.07) is 0. The average Bonchev–Trinajstić information content (AvgIpc) is 2.20. The second-order valence-corrected chi connectivity index (χ2v) is 1.98. The first kappa shape index (κ1) is 6.86. The number of allylic oxidation sites excluding steroid dienone is 1. The molecule has 0 spiro atoms. The third kappa shape index (κ3) is 1.03. The number of hydrogen-bond acceptors (Lipinski definition) is 3. The Morgan fingerprint density at radius 3 is 2.90 bits per heavy atom. The molecule has 0 bridgehead atoms. The number of aliphatic hydroxyl groups is 1. The van der Waals surface area contributed by atoms with E-state index in [4.69, 9.17) is 9.84 Å². The van der Waals surface area contributed by atoms with Gasteiger partial charge in [0.15, 0.2) is 6.61 Å². The highest BCUT2D eigenvalue weighted by atomic mass is 16.5. The first-order valence-electron chi connectivity index (χ1n) is 2.94. The molecular weight excluding hydrogens is 132 g/mol. The molecule has 54 valence electrons. The number of carbonyl (C=O) groups is 1. The topological polar surface area (TPSA) is 46.5 Å². The maximum absolute atomic E-state index is 10.6. The molecular formula is C7H8O3. The predicted octanol–water partition coefficient (Wildman–Crippen LogP) is 0.931. The zero-order chi connectivity index (χ0) is 7.56. The average molecular weight is 140 g/mol. The number of Topliss-reactive ketones (excluding diaryl/α,β-unsaturated/α-hetero) is 1. The van der Waals surface area contributed by atoms with Crippen molar-refractivity contribution in [3.05, 3.63) is 24.2 Å². The molecule has 1 aliphatic rings. The Hall–Kier alpha value is -1.25. The van der Waals surface area contributed by atoms with Gasteiger partial charge in [0, 0.05) is 6.42 Å².